The molecule has 1 aromatic heterocycles. The number of hydrogen-bond donors (Lipinski definition) is 0. The molecule has 0 bridgehead atoms. The van der Waals surface area contributed by atoms with Gasteiger partial charge in [0.2, 0.25) is 5.88 Å². The maximum absolute atomic E-state index is 5.31. The summed E-state index contributed by atoms with van der Waals surface area (Å²) in [5, 5.41) is 3.97. The molecular weight excluding hydrogens is 164 g/mol. The van der Waals surface area contributed by atoms with Gasteiger partial charge in [0.15, 0.2) is 0 Å². The summed E-state index contributed by atoms with van der Waals surface area (Å²) in [4.78, 5) is 2.30. The smallest absolute Gasteiger partial charge is 0.230 e. The zero-order valence-electron chi connectivity index (χ0n) is 8.34. The molecular formula is C10H16N2O. The van der Waals surface area contributed by atoms with E-state index in [0.717, 1.165) is 24.7 Å². The molecule has 0 aromatic carbocycles. The van der Waals surface area contributed by atoms with Crippen molar-refractivity contribution in [2.75, 3.05) is 18.0 Å². The predicted molar refractivity (Wildman–Crippen MR) is 52.0 cm³/mol. The van der Waals surface area contributed by atoms with Gasteiger partial charge in [0, 0.05) is 18.7 Å². The molecule has 0 amide bonds. The molecule has 1 aliphatic rings. The molecule has 3 heteroatoms. The first-order valence-electron chi connectivity index (χ1n) is 4.97. The Morgan fingerprint density at radius 2 is 1.85 bits per heavy atom. The average Bonchev–Trinajstić information content (AvgIpc) is 2.49. The van der Waals surface area contributed by atoms with E-state index < -0.39 is 0 Å². The van der Waals surface area contributed by atoms with Crippen LogP contribution in [0.4, 0.5) is 5.88 Å². The van der Waals surface area contributed by atoms with Crippen molar-refractivity contribution >= 4 is 5.88 Å². The van der Waals surface area contributed by atoms with Crippen molar-refractivity contribution in [2.24, 2.45) is 0 Å². The molecule has 0 aliphatic carbocycles. The number of piperidine rings is 1. The summed E-state index contributed by atoms with van der Waals surface area (Å²) < 4.78 is 5.31. The number of nitrogens with zero attached hydrogens (tertiary/aromatic N) is 2. The topological polar surface area (TPSA) is 29.3 Å². The highest BCUT2D eigenvalue weighted by Gasteiger charge is 2.18. The zero-order valence-corrected chi connectivity index (χ0v) is 8.34. The van der Waals surface area contributed by atoms with Crippen molar-refractivity contribution in [3.05, 3.63) is 11.3 Å². The number of aromatic nitrogens is 1. The summed E-state index contributed by atoms with van der Waals surface area (Å²) in [6.07, 6.45) is 3.90. The largest absolute Gasteiger partial charge is 0.340 e. The maximum Gasteiger partial charge on any atom is 0.230 e. The normalized spacial score (nSPS) is 17.8. The van der Waals surface area contributed by atoms with E-state index in [2.05, 4.69) is 17.0 Å². The Hall–Kier alpha value is -0.990. The lowest BCUT2D eigenvalue weighted by molar-refractivity contribution is 0.400. The van der Waals surface area contributed by atoms with Crippen LogP contribution >= 0.6 is 0 Å². The highest BCUT2D eigenvalue weighted by Crippen LogP contribution is 2.25. The molecule has 3 nitrogen and oxygen atoms in total. The molecule has 1 aliphatic heterocycles. The molecule has 1 fully saturated rings. The summed E-state index contributed by atoms with van der Waals surface area (Å²) in [7, 11) is 0. The first-order chi connectivity index (χ1) is 6.29. The molecule has 0 saturated carbocycles. The van der Waals surface area contributed by atoms with Gasteiger partial charge in [-0.1, -0.05) is 5.16 Å². The van der Waals surface area contributed by atoms with Crippen LogP contribution in [0.1, 0.15) is 30.5 Å². The first kappa shape index (κ1) is 8.60. The minimum absolute atomic E-state index is 0.984. The van der Waals surface area contributed by atoms with E-state index in [1.807, 2.05) is 6.92 Å². The summed E-state index contributed by atoms with van der Waals surface area (Å²) >= 11 is 0. The Bertz CT molecular complexity index is 287. The number of hydrogen-bond acceptors (Lipinski definition) is 3. The Morgan fingerprint density at radius 1 is 1.15 bits per heavy atom. The van der Waals surface area contributed by atoms with Crippen molar-refractivity contribution in [1.82, 2.24) is 5.16 Å². The third-order valence-electron chi connectivity index (χ3n) is 2.78. The number of rotatable bonds is 1. The predicted octanol–water partition coefficient (Wildman–Crippen LogP) is 2.28. The molecule has 0 N–H and O–H groups in total. The molecule has 0 radical (unpaired) electrons. The minimum atomic E-state index is 0.984. The number of aryl methyl sites for hydroxylation is 1. The summed E-state index contributed by atoms with van der Waals surface area (Å²) in [6.45, 7) is 6.31. The Morgan fingerprint density at radius 3 is 2.38 bits per heavy atom. The molecule has 2 rings (SSSR count). The van der Waals surface area contributed by atoms with E-state index in [4.69, 9.17) is 4.52 Å². The van der Waals surface area contributed by atoms with Gasteiger partial charge in [-0.3, -0.25) is 0 Å². The van der Waals surface area contributed by atoms with Crippen LogP contribution in [0.2, 0.25) is 0 Å². The Labute approximate surface area is 78.7 Å². The molecule has 72 valence electrons. The van der Waals surface area contributed by atoms with Gasteiger partial charge in [-0.25, -0.2) is 0 Å². The van der Waals surface area contributed by atoms with E-state index in [0.29, 0.717) is 0 Å². The van der Waals surface area contributed by atoms with Gasteiger partial charge in [-0.15, -0.1) is 0 Å². The molecule has 0 spiro atoms. The van der Waals surface area contributed by atoms with Gasteiger partial charge in [-0.2, -0.15) is 0 Å². The van der Waals surface area contributed by atoms with Gasteiger partial charge in [0.25, 0.3) is 0 Å². The second-order valence-corrected chi connectivity index (χ2v) is 3.75. The van der Waals surface area contributed by atoms with Crippen molar-refractivity contribution in [2.45, 2.75) is 33.1 Å². The fourth-order valence-electron chi connectivity index (χ4n) is 1.80. The van der Waals surface area contributed by atoms with Crippen LogP contribution in [-0.2, 0) is 0 Å². The van der Waals surface area contributed by atoms with E-state index in [-0.39, 0.29) is 0 Å². The van der Waals surface area contributed by atoms with Crippen molar-refractivity contribution < 1.29 is 4.52 Å². The lowest BCUT2D eigenvalue weighted by Gasteiger charge is -2.26. The average molecular weight is 180 g/mol. The van der Waals surface area contributed by atoms with Crippen LogP contribution in [-0.4, -0.2) is 18.2 Å². The van der Waals surface area contributed by atoms with Crippen molar-refractivity contribution in [3.8, 4) is 0 Å². The third kappa shape index (κ3) is 1.55. The Balaban J connectivity index is 2.18. The van der Waals surface area contributed by atoms with E-state index >= 15 is 0 Å². The summed E-state index contributed by atoms with van der Waals surface area (Å²) in [6, 6.07) is 0. The molecule has 0 unspecified atom stereocenters. The Kier molecular flexibility index (Phi) is 2.25. The van der Waals surface area contributed by atoms with Gasteiger partial charge in [0.1, 0.15) is 0 Å². The van der Waals surface area contributed by atoms with E-state index in [1.165, 1.54) is 24.8 Å². The molecule has 1 saturated heterocycles. The third-order valence-corrected chi connectivity index (χ3v) is 2.78. The highest BCUT2D eigenvalue weighted by atomic mass is 16.5. The number of anilines is 1. The van der Waals surface area contributed by atoms with Crippen LogP contribution in [0.15, 0.2) is 4.52 Å². The van der Waals surface area contributed by atoms with Gasteiger partial charge in [0.05, 0.1) is 5.69 Å². The molecule has 13 heavy (non-hydrogen) atoms. The molecule has 2 heterocycles. The lowest BCUT2D eigenvalue weighted by Crippen LogP contribution is -2.29. The van der Waals surface area contributed by atoms with Crippen LogP contribution in [0, 0.1) is 13.8 Å². The SMILES string of the molecule is Cc1noc(N2CCCCC2)c1C. The van der Waals surface area contributed by atoms with E-state index in [1.54, 1.807) is 0 Å². The van der Waals surface area contributed by atoms with Gasteiger partial charge in [-0.05, 0) is 33.1 Å². The van der Waals surface area contributed by atoms with Crippen molar-refractivity contribution in [3.63, 3.8) is 0 Å². The van der Waals surface area contributed by atoms with Crippen LogP contribution in [0.3, 0.4) is 0 Å². The first-order valence-corrected chi connectivity index (χ1v) is 4.97. The molecule has 0 atom stereocenters. The van der Waals surface area contributed by atoms with Gasteiger partial charge >= 0.3 is 0 Å². The highest BCUT2D eigenvalue weighted by molar-refractivity contribution is 5.45. The van der Waals surface area contributed by atoms with Crippen LogP contribution < -0.4 is 4.90 Å². The second-order valence-electron chi connectivity index (χ2n) is 3.75. The van der Waals surface area contributed by atoms with Gasteiger partial charge < -0.3 is 9.42 Å². The van der Waals surface area contributed by atoms with Crippen molar-refractivity contribution in [1.29, 1.82) is 0 Å². The second kappa shape index (κ2) is 3.40. The monoisotopic (exact) mass is 180 g/mol. The fraction of sp³-hybridized carbons (Fsp3) is 0.700. The summed E-state index contributed by atoms with van der Waals surface area (Å²) in [5.41, 5.74) is 2.21. The maximum atomic E-state index is 5.31. The summed E-state index contributed by atoms with van der Waals surface area (Å²) in [5.74, 6) is 0.984. The van der Waals surface area contributed by atoms with E-state index in [9.17, 15) is 0 Å². The van der Waals surface area contributed by atoms with Crippen LogP contribution in [0.25, 0.3) is 0 Å². The molecule has 1 aromatic rings. The standard InChI is InChI=1S/C10H16N2O/c1-8-9(2)11-13-10(8)12-6-4-3-5-7-12/h3-7H2,1-2H3. The minimum Gasteiger partial charge on any atom is -0.340 e. The fourth-order valence-corrected chi connectivity index (χ4v) is 1.80. The quantitative estimate of drug-likeness (QED) is 0.664. The zero-order chi connectivity index (χ0) is 9.26. The van der Waals surface area contributed by atoms with Crippen LogP contribution in [0.5, 0.6) is 0 Å². The lowest BCUT2D eigenvalue weighted by atomic mass is 10.1.